The van der Waals surface area contributed by atoms with Gasteiger partial charge in [0.15, 0.2) is 5.96 Å². The maximum absolute atomic E-state index is 10.5. The van der Waals surface area contributed by atoms with Crippen molar-refractivity contribution in [3.63, 3.8) is 0 Å². The molecule has 23 heavy (non-hydrogen) atoms. The molecule has 1 saturated heterocycles. The molecule has 0 aliphatic carbocycles. The molecule has 0 aromatic heterocycles. The molecule has 1 aliphatic rings. The molecule has 0 unspecified atom stereocenters. The Morgan fingerprint density at radius 3 is 2.30 bits per heavy atom. The second-order valence-corrected chi connectivity index (χ2v) is 6.11. The van der Waals surface area contributed by atoms with Gasteiger partial charge in [-0.3, -0.25) is 0 Å². The van der Waals surface area contributed by atoms with E-state index in [0.29, 0.717) is 6.54 Å². The van der Waals surface area contributed by atoms with E-state index in [0.717, 1.165) is 37.6 Å². The number of nitrogens with one attached hydrogen (secondary N) is 1. The number of aliphatic imine (C=N–C) groups is 1. The zero-order chi connectivity index (χ0) is 15.8. The summed E-state index contributed by atoms with van der Waals surface area (Å²) in [5.41, 5.74) is 0.350. The predicted octanol–water partition coefficient (Wildman–Crippen LogP) is 4.11. The number of guanidine groups is 1. The molecule has 0 spiro atoms. The summed E-state index contributed by atoms with van der Waals surface area (Å²) in [5, 5.41) is 13.9. The number of rotatable bonds is 5. The van der Waals surface area contributed by atoms with E-state index in [1.807, 2.05) is 44.2 Å². The van der Waals surface area contributed by atoms with Gasteiger partial charge in [0, 0.05) is 18.8 Å². The molecule has 4 nitrogen and oxygen atoms in total. The summed E-state index contributed by atoms with van der Waals surface area (Å²) in [7, 11) is 0. The highest BCUT2D eigenvalue weighted by Crippen LogP contribution is 2.17. The number of halogens is 1. The lowest BCUT2D eigenvalue weighted by Crippen LogP contribution is -2.41. The summed E-state index contributed by atoms with van der Waals surface area (Å²) in [6.07, 6.45) is 5.17. The average Bonchev–Trinajstić information content (AvgIpc) is 2.60. The van der Waals surface area contributed by atoms with Crippen LogP contribution in [-0.4, -0.2) is 41.2 Å². The van der Waals surface area contributed by atoms with E-state index in [4.69, 9.17) is 4.99 Å². The fourth-order valence-corrected chi connectivity index (χ4v) is 2.67. The molecule has 1 aromatic carbocycles. The first kappa shape index (κ1) is 20.2. The zero-order valence-corrected chi connectivity index (χ0v) is 16.6. The van der Waals surface area contributed by atoms with Crippen molar-refractivity contribution in [2.24, 2.45) is 4.99 Å². The van der Waals surface area contributed by atoms with Crippen molar-refractivity contribution in [3.8, 4) is 0 Å². The Morgan fingerprint density at radius 1 is 1.13 bits per heavy atom. The van der Waals surface area contributed by atoms with Crippen molar-refractivity contribution in [1.82, 2.24) is 4.90 Å². The summed E-state index contributed by atoms with van der Waals surface area (Å²) >= 11 is 0. The molecular formula is C18H30IN3O. The molecule has 0 amide bonds. The van der Waals surface area contributed by atoms with Gasteiger partial charge in [-0.25, -0.2) is 4.99 Å². The van der Waals surface area contributed by atoms with Crippen molar-refractivity contribution in [1.29, 1.82) is 0 Å². The van der Waals surface area contributed by atoms with Gasteiger partial charge in [0.2, 0.25) is 0 Å². The van der Waals surface area contributed by atoms with Gasteiger partial charge in [-0.2, -0.15) is 0 Å². The quantitative estimate of drug-likeness (QED) is 0.419. The molecule has 5 heteroatoms. The topological polar surface area (TPSA) is 47.9 Å². The standard InChI is InChI=1S/C18H29N3O.HI/c1-3-18(22,4-2)15-19-17(21-13-9-6-10-14-21)20-16-11-7-5-8-12-16;/h5,7-8,11-12,22H,3-4,6,9-10,13-15H2,1-2H3,(H,19,20);1H. The molecule has 1 aromatic rings. The SMILES string of the molecule is CCC(O)(CC)CN=C(Nc1ccccc1)N1CCCCC1.I. The number of hydrogen-bond acceptors (Lipinski definition) is 2. The molecule has 2 N–H and O–H groups in total. The highest BCUT2D eigenvalue weighted by Gasteiger charge is 2.23. The third kappa shape index (κ3) is 6.30. The number of benzene rings is 1. The normalized spacial score (nSPS) is 16.0. The van der Waals surface area contributed by atoms with Crippen LogP contribution in [0.2, 0.25) is 0 Å². The Balaban J connectivity index is 0.00000264. The van der Waals surface area contributed by atoms with Gasteiger partial charge in [-0.15, -0.1) is 24.0 Å². The second-order valence-electron chi connectivity index (χ2n) is 6.11. The van der Waals surface area contributed by atoms with Gasteiger partial charge in [0.25, 0.3) is 0 Å². The van der Waals surface area contributed by atoms with Crippen LogP contribution in [0.5, 0.6) is 0 Å². The first-order chi connectivity index (χ1) is 10.7. The second kappa shape index (κ2) is 10.1. The van der Waals surface area contributed by atoms with Crippen molar-refractivity contribution in [3.05, 3.63) is 30.3 Å². The lowest BCUT2D eigenvalue weighted by Gasteiger charge is -2.31. The van der Waals surface area contributed by atoms with Crippen LogP contribution in [0, 0.1) is 0 Å². The molecular weight excluding hydrogens is 401 g/mol. The largest absolute Gasteiger partial charge is 0.388 e. The van der Waals surface area contributed by atoms with E-state index in [1.54, 1.807) is 0 Å². The van der Waals surface area contributed by atoms with Crippen LogP contribution in [-0.2, 0) is 0 Å². The van der Waals surface area contributed by atoms with Crippen LogP contribution >= 0.6 is 24.0 Å². The van der Waals surface area contributed by atoms with Crippen molar-refractivity contribution >= 4 is 35.6 Å². The van der Waals surface area contributed by atoms with Crippen LogP contribution in [0.4, 0.5) is 5.69 Å². The Morgan fingerprint density at radius 2 is 1.74 bits per heavy atom. The summed E-state index contributed by atoms with van der Waals surface area (Å²) < 4.78 is 0. The molecule has 0 atom stereocenters. The molecule has 0 saturated carbocycles. The van der Waals surface area contributed by atoms with Crippen LogP contribution in [0.25, 0.3) is 0 Å². The highest BCUT2D eigenvalue weighted by atomic mass is 127. The molecule has 1 fully saturated rings. The predicted molar refractivity (Wildman–Crippen MR) is 109 cm³/mol. The van der Waals surface area contributed by atoms with E-state index in [9.17, 15) is 5.11 Å². The van der Waals surface area contributed by atoms with Crippen LogP contribution in [0.15, 0.2) is 35.3 Å². The minimum atomic E-state index is -0.695. The Labute approximate surface area is 157 Å². The minimum Gasteiger partial charge on any atom is -0.388 e. The lowest BCUT2D eigenvalue weighted by molar-refractivity contribution is 0.0416. The molecule has 130 valence electrons. The Hall–Kier alpha value is -0.820. The number of nitrogens with zero attached hydrogens (tertiary/aromatic N) is 2. The van der Waals surface area contributed by atoms with E-state index in [2.05, 4.69) is 10.2 Å². The molecule has 0 radical (unpaired) electrons. The minimum absolute atomic E-state index is 0. The zero-order valence-electron chi connectivity index (χ0n) is 14.3. The fourth-order valence-electron chi connectivity index (χ4n) is 2.67. The number of para-hydroxylation sites is 1. The average molecular weight is 431 g/mol. The first-order valence-corrected chi connectivity index (χ1v) is 8.51. The molecule has 1 aliphatic heterocycles. The summed E-state index contributed by atoms with van der Waals surface area (Å²) in [6, 6.07) is 10.1. The van der Waals surface area contributed by atoms with Gasteiger partial charge in [-0.1, -0.05) is 32.0 Å². The van der Waals surface area contributed by atoms with E-state index in [1.165, 1.54) is 19.3 Å². The van der Waals surface area contributed by atoms with Crippen LogP contribution in [0.1, 0.15) is 46.0 Å². The molecule has 0 bridgehead atoms. The summed E-state index contributed by atoms with van der Waals surface area (Å²) in [5.74, 6) is 0.895. The van der Waals surface area contributed by atoms with Gasteiger partial charge in [0.1, 0.15) is 0 Å². The number of anilines is 1. The van der Waals surface area contributed by atoms with Gasteiger partial charge in [-0.05, 0) is 44.2 Å². The number of likely N-dealkylation sites (tertiary alicyclic amines) is 1. The third-order valence-corrected chi connectivity index (χ3v) is 4.52. The summed E-state index contributed by atoms with van der Waals surface area (Å²) in [6.45, 7) is 6.56. The lowest BCUT2D eigenvalue weighted by atomic mass is 9.98. The first-order valence-electron chi connectivity index (χ1n) is 8.51. The number of hydrogen-bond donors (Lipinski definition) is 2. The van der Waals surface area contributed by atoms with Crippen molar-refractivity contribution in [2.45, 2.75) is 51.6 Å². The van der Waals surface area contributed by atoms with Gasteiger partial charge < -0.3 is 15.3 Å². The fraction of sp³-hybridized carbons (Fsp3) is 0.611. The maximum atomic E-state index is 10.5. The van der Waals surface area contributed by atoms with Crippen molar-refractivity contribution in [2.75, 3.05) is 25.0 Å². The van der Waals surface area contributed by atoms with Gasteiger partial charge in [0.05, 0.1) is 12.1 Å². The summed E-state index contributed by atoms with van der Waals surface area (Å²) in [4.78, 5) is 7.05. The van der Waals surface area contributed by atoms with Gasteiger partial charge >= 0.3 is 0 Å². The third-order valence-electron chi connectivity index (χ3n) is 4.52. The smallest absolute Gasteiger partial charge is 0.198 e. The maximum Gasteiger partial charge on any atom is 0.198 e. The van der Waals surface area contributed by atoms with Crippen LogP contribution in [0.3, 0.4) is 0 Å². The van der Waals surface area contributed by atoms with E-state index < -0.39 is 5.60 Å². The Kier molecular flexibility index (Phi) is 8.91. The van der Waals surface area contributed by atoms with E-state index in [-0.39, 0.29) is 24.0 Å². The van der Waals surface area contributed by atoms with E-state index >= 15 is 0 Å². The number of piperidine rings is 1. The molecule has 2 rings (SSSR count). The van der Waals surface area contributed by atoms with Crippen molar-refractivity contribution < 1.29 is 5.11 Å². The molecule has 1 heterocycles. The van der Waals surface area contributed by atoms with Crippen LogP contribution < -0.4 is 5.32 Å². The highest BCUT2D eigenvalue weighted by molar-refractivity contribution is 14.0. The number of aliphatic hydroxyl groups is 1. The Bertz CT molecular complexity index is 468. The monoisotopic (exact) mass is 431 g/mol.